The van der Waals surface area contributed by atoms with Crippen molar-refractivity contribution >= 4 is 11.8 Å². The SMILES string of the molecule is COc1ccc(CCC(=O)NC2CCC(n3cc(C(=O)NCC(C)C)nn3)CC2)cc1OC. The fourth-order valence-electron chi connectivity index (χ4n) is 4.03. The van der Waals surface area contributed by atoms with Gasteiger partial charge in [-0.3, -0.25) is 9.59 Å². The highest BCUT2D eigenvalue weighted by Gasteiger charge is 2.25. The molecule has 0 atom stereocenters. The number of ether oxygens (including phenoxy) is 2. The van der Waals surface area contributed by atoms with E-state index in [4.69, 9.17) is 9.47 Å². The molecule has 1 heterocycles. The van der Waals surface area contributed by atoms with Crippen molar-refractivity contribution in [3.8, 4) is 11.5 Å². The summed E-state index contributed by atoms with van der Waals surface area (Å²) in [5.74, 6) is 1.59. The van der Waals surface area contributed by atoms with Gasteiger partial charge in [0.2, 0.25) is 5.91 Å². The lowest BCUT2D eigenvalue weighted by molar-refractivity contribution is -0.122. The summed E-state index contributed by atoms with van der Waals surface area (Å²) in [6.45, 7) is 4.71. The molecule has 2 N–H and O–H groups in total. The fourth-order valence-corrected chi connectivity index (χ4v) is 4.03. The van der Waals surface area contributed by atoms with E-state index in [1.807, 2.05) is 32.0 Å². The number of nitrogens with zero attached hydrogens (tertiary/aromatic N) is 3. The summed E-state index contributed by atoms with van der Waals surface area (Å²) in [7, 11) is 3.21. The zero-order valence-electron chi connectivity index (χ0n) is 20.0. The van der Waals surface area contributed by atoms with E-state index >= 15 is 0 Å². The van der Waals surface area contributed by atoms with Crippen LogP contribution >= 0.6 is 0 Å². The molecular formula is C24H35N5O4. The lowest BCUT2D eigenvalue weighted by Gasteiger charge is -2.29. The topological polar surface area (TPSA) is 107 Å². The molecule has 0 bridgehead atoms. The third kappa shape index (κ3) is 6.94. The first-order chi connectivity index (χ1) is 15.9. The van der Waals surface area contributed by atoms with Crippen LogP contribution < -0.4 is 20.1 Å². The van der Waals surface area contributed by atoms with Gasteiger partial charge in [-0.25, -0.2) is 4.68 Å². The fraction of sp³-hybridized carbons (Fsp3) is 0.583. The van der Waals surface area contributed by atoms with Crippen molar-refractivity contribution in [2.75, 3.05) is 20.8 Å². The highest BCUT2D eigenvalue weighted by molar-refractivity contribution is 5.91. The first kappa shape index (κ1) is 24.5. The van der Waals surface area contributed by atoms with Gasteiger partial charge >= 0.3 is 0 Å². The maximum atomic E-state index is 12.5. The van der Waals surface area contributed by atoms with Crippen molar-refractivity contribution in [2.24, 2.45) is 5.92 Å². The van der Waals surface area contributed by atoms with Gasteiger partial charge in [-0.2, -0.15) is 0 Å². The van der Waals surface area contributed by atoms with Crippen LogP contribution in [0.25, 0.3) is 0 Å². The summed E-state index contributed by atoms with van der Waals surface area (Å²) >= 11 is 0. The summed E-state index contributed by atoms with van der Waals surface area (Å²) in [5, 5.41) is 14.2. The van der Waals surface area contributed by atoms with Gasteiger partial charge in [0.05, 0.1) is 26.5 Å². The minimum atomic E-state index is -0.189. The normalized spacial score (nSPS) is 18.1. The van der Waals surface area contributed by atoms with Crippen LogP contribution in [0.3, 0.4) is 0 Å². The molecule has 1 aliphatic rings. The van der Waals surface area contributed by atoms with E-state index in [-0.39, 0.29) is 23.9 Å². The molecule has 9 heteroatoms. The average molecular weight is 458 g/mol. The van der Waals surface area contributed by atoms with Crippen molar-refractivity contribution < 1.29 is 19.1 Å². The molecule has 9 nitrogen and oxygen atoms in total. The van der Waals surface area contributed by atoms with Crippen molar-refractivity contribution in [2.45, 2.75) is 64.5 Å². The standard InChI is InChI=1S/C24H35N5O4/c1-16(2)14-25-24(31)20-15-29(28-27-20)19-9-7-18(8-10-19)26-23(30)12-6-17-5-11-21(32-3)22(13-17)33-4/h5,11,13,15-16,18-19H,6-10,12,14H2,1-4H3,(H,25,31)(H,26,30). The number of amides is 2. The molecule has 33 heavy (non-hydrogen) atoms. The van der Waals surface area contributed by atoms with Gasteiger partial charge < -0.3 is 20.1 Å². The Hall–Kier alpha value is -3.10. The van der Waals surface area contributed by atoms with Crippen LogP contribution in [0.4, 0.5) is 0 Å². The number of hydrogen-bond donors (Lipinski definition) is 2. The summed E-state index contributed by atoms with van der Waals surface area (Å²) < 4.78 is 12.4. The van der Waals surface area contributed by atoms with Crippen LogP contribution in [0.5, 0.6) is 11.5 Å². The smallest absolute Gasteiger partial charge is 0.273 e. The molecule has 2 aromatic rings. The predicted molar refractivity (Wildman–Crippen MR) is 124 cm³/mol. The molecule has 0 radical (unpaired) electrons. The third-order valence-corrected chi connectivity index (χ3v) is 5.94. The number of nitrogens with one attached hydrogen (secondary N) is 2. The second-order valence-corrected chi connectivity index (χ2v) is 8.95. The van der Waals surface area contributed by atoms with E-state index in [9.17, 15) is 9.59 Å². The molecule has 1 aliphatic carbocycles. The van der Waals surface area contributed by atoms with E-state index in [1.165, 1.54) is 0 Å². The summed E-state index contributed by atoms with van der Waals surface area (Å²) in [4.78, 5) is 24.6. The van der Waals surface area contributed by atoms with Crippen LogP contribution in [0.15, 0.2) is 24.4 Å². The van der Waals surface area contributed by atoms with Crippen LogP contribution in [0, 0.1) is 5.92 Å². The number of carbonyl (C=O) groups excluding carboxylic acids is 2. The van der Waals surface area contributed by atoms with E-state index < -0.39 is 0 Å². The Morgan fingerprint density at radius 2 is 1.85 bits per heavy atom. The van der Waals surface area contributed by atoms with Crippen LogP contribution in [0.2, 0.25) is 0 Å². The van der Waals surface area contributed by atoms with E-state index in [2.05, 4.69) is 20.9 Å². The zero-order chi connectivity index (χ0) is 23.8. The molecule has 0 saturated heterocycles. The van der Waals surface area contributed by atoms with Gasteiger partial charge in [0.25, 0.3) is 5.91 Å². The first-order valence-electron chi connectivity index (χ1n) is 11.6. The van der Waals surface area contributed by atoms with Crippen molar-refractivity contribution in [3.05, 3.63) is 35.7 Å². The van der Waals surface area contributed by atoms with Crippen LogP contribution in [-0.2, 0) is 11.2 Å². The number of aryl methyl sites for hydroxylation is 1. The Morgan fingerprint density at radius 3 is 2.52 bits per heavy atom. The number of rotatable bonds is 10. The molecule has 180 valence electrons. The number of carbonyl (C=O) groups is 2. The predicted octanol–water partition coefficient (Wildman–Crippen LogP) is 2.91. The van der Waals surface area contributed by atoms with Crippen LogP contribution in [-0.4, -0.2) is 53.6 Å². The quantitative estimate of drug-likeness (QED) is 0.568. The monoisotopic (exact) mass is 457 g/mol. The van der Waals surface area contributed by atoms with E-state index in [0.29, 0.717) is 42.5 Å². The lowest BCUT2D eigenvalue weighted by Crippen LogP contribution is -2.38. The van der Waals surface area contributed by atoms with Crippen molar-refractivity contribution in [1.29, 1.82) is 0 Å². The number of methoxy groups -OCH3 is 2. The lowest BCUT2D eigenvalue weighted by atomic mass is 9.91. The summed E-state index contributed by atoms with van der Waals surface area (Å²) in [6, 6.07) is 6.08. The maximum absolute atomic E-state index is 12.5. The van der Waals surface area contributed by atoms with E-state index in [1.54, 1.807) is 25.1 Å². The highest BCUT2D eigenvalue weighted by Crippen LogP contribution is 2.29. The van der Waals surface area contributed by atoms with Gasteiger partial charge in [-0.1, -0.05) is 25.1 Å². The maximum Gasteiger partial charge on any atom is 0.273 e. The van der Waals surface area contributed by atoms with Crippen LogP contribution in [0.1, 0.15) is 68.0 Å². The number of benzene rings is 1. The number of aromatic nitrogens is 3. The Morgan fingerprint density at radius 1 is 1.12 bits per heavy atom. The Kier molecular flexibility index (Phi) is 8.68. The van der Waals surface area contributed by atoms with Gasteiger partial charge in [0.1, 0.15) is 0 Å². The zero-order valence-corrected chi connectivity index (χ0v) is 20.0. The van der Waals surface area contributed by atoms with Gasteiger partial charge in [-0.05, 0) is 55.7 Å². The minimum absolute atomic E-state index is 0.0538. The van der Waals surface area contributed by atoms with Gasteiger partial charge in [-0.15, -0.1) is 5.10 Å². The van der Waals surface area contributed by atoms with Gasteiger partial charge in [0, 0.05) is 19.0 Å². The summed E-state index contributed by atoms with van der Waals surface area (Å²) in [6.07, 6.45) is 6.31. The molecule has 1 saturated carbocycles. The van der Waals surface area contributed by atoms with Crippen molar-refractivity contribution in [3.63, 3.8) is 0 Å². The molecule has 3 rings (SSSR count). The molecular weight excluding hydrogens is 422 g/mol. The molecule has 0 aliphatic heterocycles. The minimum Gasteiger partial charge on any atom is -0.493 e. The Balaban J connectivity index is 1.42. The van der Waals surface area contributed by atoms with Crippen molar-refractivity contribution in [1.82, 2.24) is 25.6 Å². The Labute approximate surface area is 195 Å². The average Bonchev–Trinajstić information content (AvgIpc) is 3.32. The highest BCUT2D eigenvalue weighted by atomic mass is 16.5. The third-order valence-electron chi connectivity index (χ3n) is 5.94. The summed E-state index contributed by atoms with van der Waals surface area (Å²) in [5.41, 5.74) is 1.38. The molecule has 1 fully saturated rings. The molecule has 1 aromatic heterocycles. The molecule has 2 amide bonds. The number of hydrogen-bond acceptors (Lipinski definition) is 6. The first-order valence-corrected chi connectivity index (χ1v) is 11.6. The van der Waals surface area contributed by atoms with Gasteiger partial charge in [0.15, 0.2) is 17.2 Å². The molecule has 0 spiro atoms. The second kappa shape index (κ2) is 11.7. The van der Waals surface area contributed by atoms with E-state index in [0.717, 1.165) is 31.2 Å². The Bertz CT molecular complexity index is 935. The second-order valence-electron chi connectivity index (χ2n) is 8.95. The molecule has 1 aromatic carbocycles. The largest absolute Gasteiger partial charge is 0.493 e. The molecule has 0 unspecified atom stereocenters.